The van der Waals surface area contributed by atoms with Gasteiger partial charge in [0.1, 0.15) is 6.54 Å². The van der Waals surface area contributed by atoms with E-state index in [0.29, 0.717) is 6.54 Å². The molecule has 6 nitrogen and oxygen atoms in total. The predicted molar refractivity (Wildman–Crippen MR) is 50.0 cm³/mol. The van der Waals surface area contributed by atoms with Crippen molar-refractivity contribution in [3.05, 3.63) is 0 Å². The van der Waals surface area contributed by atoms with Gasteiger partial charge in [-0.2, -0.15) is 17.4 Å². The lowest BCUT2D eigenvalue weighted by atomic mass is 10.3. The van der Waals surface area contributed by atoms with Gasteiger partial charge < -0.3 is 5.11 Å². The number of rotatable bonds is 4. The van der Waals surface area contributed by atoms with Crippen LogP contribution in [0.2, 0.25) is 0 Å². The maximum absolute atomic E-state index is 11.5. The zero-order valence-electron chi connectivity index (χ0n) is 7.93. The Balaban J connectivity index is 2.60. The SMILES string of the molecule is CC1CCCN1S(=O)(=O)NCC(=O)O. The quantitative estimate of drug-likeness (QED) is 0.664. The fourth-order valence-electron chi connectivity index (χ4n) is 1.50. The molecular weight excluding hydrogens is 208 g/mol. The minimum atomic E-state index is -3.60. The van der Waals surface area contributed by atoms with Gasteiger partial charge in [-0.1, -0.05) is 0 Å². The van der Waals surface area contributed by atoms with Crippen molar-refractivity contribution in [3.8, 4) is 0 Å². The van der Waals surface area contributed by atoms with E-state index in [1.807, 2.05) is 11.6 Å². The molecule has 0 saturated carbocycles. The highest BCUT2D eigenvalue weighted by Gasteiger charge is 2.31. The summed E-state index contributed by atoms with van der Waals surface area (Å²) in [6, 6.07) is -0.0405. The van der Waals surface area contributed by atoms with Crippen LogP contribution in [0.4, 0.5) is 0 Å². The zero-order valence-corrected chi connectivity index (χ0v) is 8.75. The van der Waals surface area contributed by atoms with Crippen molar-refractivity contribution in [2.45, 2.75) is 25.8 Å². The fourth-order valence-corrected chi connectivity index (χ4v) is 2.92. The standard InChI is InChI=1S/C7H14N2O4S/c1-6-3-2-4-9(6)14(12,13)8-5-7(10)11/h6,8H,2-5H2,1H3,(H,10,11). The van der Waals surface area contributed by atoms with Gasteiger partial charge in [-0.3, -0.25) is 4.79 Å². The molecule has 2 N–H and O–H groups in total. The lowest BCUT2D eigenvalue weighted by molar-refractivity contribution is -0.135. The van der Waals surface area contributed by atoms with Crippen molar-refractivity contribution in [2.24, 2.45) is 0 Å². The van der Waals surface area contributed by atoms with Gasteiger partial charge in [-0.05, 0) is 19.8 Å². The van der Waals surface area contributed by atoms with Crippen LogP contribution >= 0.6 is 0 Å². The number of aliphatic carboxylic acids is 1. The Labute approximate surface area is 83.1 Å². The van der Waals surface area contributed by atoms with E-state index in [1.54, 1.807) is 0 Å². The summed E-state index contributed by atoms with van der Waals surface area (Å²) in [6.45, 7) is 1.72. The summed E-state index contributed by atoms with van der Waals surface area (Å²) in [4.78, 5) is 10.2. The van der Waals surface area contributed by atoms with Gasteiger partial charge >= 0.3 is 5.97 Å². The minimum absolute atomic E-state index is 0.0405. The summed E-state index contributed by atoms with van der Waals surface area (Å²) in [5, 5.41) is 8.34. The summed E-state index contributed by atoms with van der Waals surface area (Å²) >= 11 is 0. The van der Waals surface area contributed by atoms with E-state index in [2.05, 4.69) is 0 Å². The van der Waals surface area contributed by atoms with Gasteiger partial charge in [0, 0.05) is 12.6 Å². The van der Waals surface area contributed by atoms with Crippen LogP contribution in [-0.2, 0) is 15.0 Å². The van der Waals surface area contributed by atoms with E-state index in [0.717, 1.165) is 12.8 Å². The zero-order chi connectivity index (χ0) is 10.8. The van der Waals surface area contributed by atoms with Crippen molar-refractivity contribution in [2.75, 3.05) is 13.1 Å². The largest absolute Gasteiger partial charge is 0.480 e. The van der Waals surface area contributed by atoms with Crippen molar-refractivity contribution < 1.29 is 18.3 Å². The van der Waals surface area contributed by atoms with Gasteiger partial charge in [-0.15, -0.1) is 0 Å². The Hall–Kier alpha value is -0.660. The smallest absolute Gasteiger partial charge is 0.318 e. The van der Waals surface area contributed by atoms with E-state index in [1.165, 1.54) is 4.31 Å². The van der Waals surface area contributed by atoms with Gasteiger partial charge in [0.2, 0.25) is 0 Å². The first kappa shape index (κ1) is 11.4. The molecule has 1 rings (SSSR count). The van der Waals surface area contributed by atoms with Crippen LogP contribution in [0.1, 0.15) is 19.8 Å². The number of nitrogens with one attached hydrogen (secondary N) is 1. The van der Waals surface area contributed by atoms with E-state index in [4.69, 9.17) is 5.11 Å². The summed E-state index contributed by atoms with van der Waals surface area (Å²) in [5.41, 5.74) is 0. The molecule has 7 heteroatoms. The van der Waals surface area contributed by atoms with E-state index >= 15 is 0 Å². The van der Waals surface area contributed by atoms with Gasteiger partial charge in [-0.25, -0.2) is 0 Å². The Morgan fingerprint density at radius 2 is 2.29 bits per heavy atom. The highest BCUT2D eigenvalue weighted by molar-refractivity contribution is 7.87. The van der Waals surface area contributed by atoms with E-state index < -0.39 is 22.7 Å². The Morgan fingerprint density at radius 3 is 2.71 bits per heavy atom. The molecule has 1 atom stereocenters. The molecule has 0 aromatic rings. The van der Waals surface area contributed by atoms with Gasteiger partial charge in [0.15, 0.2) is 0 Å². The van der Waals surface area contributed by atoms with E-state index in [-0.39, 0.29) is 6.04 Å². The summed E-state index contributed by atoms with van der Waals surface area (Å²) in [6.07, 6.45) is 1.66. The first-order valence-corrected chi connectivity index (χ1v) is 5.85. The van der Waals surface area contributed by atoms with Crippen LogP contribution in [0.3, 0.4) is 0 Å². The second-order valence-electron chi connectivity index (χ2n) is 3.32. The van der Waals surface area contributed by atoms with Crippen molar-refractivity contribution in [1.82, 2.24) is 9.03 Å². The maximum atomic E-state index is 11.5. The molecule has 0 spiro atoms. The third-order valence-corrected chi connectivity index (χ3v) is 3.88. The molecule has 82 valence electrons. The number of hydrogen-bond donors (Lipinski definition) is 2. The van der Waals surface area contributed by atoms with Crippen molar-refractivity contribution in [1.29, 1.82) is 0 Å². The normalized spacial score (nSPS) is 23.9. The summed E-state index contributed by atoms with van der Waals surface area (Å²) in [5.74, 6) is -1.18. The molecule has 1 heterocycles. The molecule has 14 heavy (non-hydrogen) atoms. The number of hydrogen-bond acceptors (Lipinski definition) is 3. The van der Waals surface area contributed by atoms with E-state index in [9.17, 15) is 13.2 Å². The average molecular weight is 222 g/mol. The first-order valence-electron chi connectivity index (χ1n) is 4.41. The Kier molecular flexibility index (Phi) is 3.46. The lowest BCUT2D eigenvalue weighted by Gasteiger charge is -2.20. The highest BCUT2D eigenvalue weighted by atomic mass is 32.2. The molecule has 1 aliphatic rings. The third kappa shape index (κ3) is 2.66. The highest BCUT2D eigenvalue weighted by Crippen LogP contribution is 2.18. The van der Waals surface area contributed by atoms with Crippen molar-refractivity contribution in [3.63, 3.8) is 0 Å². The van der Waals surface area contributed by atoms with Gasteiger partial charge in [0.25, 0.3) is 10.2 Å². The lowest BCUT2D eigenvalue weighted by Crippen LogP contribution is -2.44. The molecule has 0 aromatic heterocycles. The summed E-state index contributed by atoms with van der Waals surface area (Å²) < 4.78 is 26.3. The average Bonchev–Trinajstić information content (AvgIpc) is 2.48. The van der Waals surface area contributed by atoms with Crippen LogP contribution in [0.5, 0.6) is 0 Å². The minimum Gasteiger partial charge on any atom is -0.480 e. The van der Waals surface area contributed by atoms with Crippen LogP contribution in [0, 0.1) is 0 Å². The fraction of sp³-hybridized carbons (Fsp3) is 0.857. The van der Waals surface area contributed by atoms with Crippen LogP contribution in [0.25, 0.3) is 0 Å². The maximum Gasteiger partial charge on any atom is 0.318 e. The molecule has 1 unspecified atom stereocenters. The molecule has 0 amide bonds. The van der Waals surface area contributed by atoms with Crippen LogP contribution in [-0.4, -0.2) is 42.9 Å². The topological polar surface area (TPSA) is 86.7 Å². The van der Waals surface area contributed by atoms with Crippen LogP contribution in [0.15, 0.2) is 0 Å². The molecule has 0 radical (unpaired) electrons. The number of carbonyl (C=O) groups is 1. The van der Waals surface area contributed by atoms with Gasteiger partial charge in [0.05, 0.1) is 0 Å². The van der Waals surface area contributed by atoms with Crippen molar-refractivity contribution >= 4 is 16.2 Å². The molecule has 1 aliphatic heterocycles. The summed E-state index contributed by atoms with van der Waals surface area (Å²) in [7, 11) is -3.60. The molecule has 0 bridgehead atoms. The molecule has 1 fully saturated rings. The monoisotopic (exact) mass is 222 g/mol. The predicted octanol–water partition coefficient (Wildman–Crippen LogP) is -0.610. The molecule has 1 saturated heterocycles. The second kappa shape index (κ2) is 4.24. The third-order valence-electron chi connectivity index (χ3n) is 2.21. The second-order valence-corrected chi connectivity index (χ2v) is 5.03. The number of nitrogens with zero attached hydrogens (tertiary/aromatic N) is 1. The molecule has 0 aliphatic carbocycles. The number of carboxylic acids is 1. The molecule has 0 aromatic carbocycles. The first-order chi connectivity index (χ1) is 6.43. The Morgan fingerprint density at radius 1 is 1.64 bits per heavy atom. The van der Waals surface area contributed by atoms with Crippen LogP contribution < -0.4 is 4.72 Å². The number of carboxylic acid groups (broad SMARTS) is 1. The molecular formula is C7H14N2O4S. The Bertz CT molecular complexity index is 314.